The van der Waals surface area contributed by atoms with Gasteiger partial charge in [0.2, 0.25) is 0 Å². The fraction of sp³-hybridized carbons (Fsp3) is 0.150. The zero-order valence-electron chi connectivity index (χ0n) is 17.0. The number of nitrogens with zero attached hydrogens (tertiary/aromatic N) is 2. The molecule has 10 nitrogen and oxygen atoms in total. The lowest BCUT2D eigenvalue weighted by Gasteiger charge is -2.10. The van der Waals surface area contributed by atoms with E-state index in [1.807, 2.05) is 0 Å². The molecule has 0 heterocycles. The smallest absolute Gasteiger partial charge is 0.295 e. The van der Waals surface area contributed by atoms with Gasteiger partial charge in [0.05, 0.1) is 23.4 Å². The van der Waals surface area contributed by atoms with Gasteiger partial charge in [0.25, 0.3) is 20.2 Å². The monoisotopic (exact) mass is 477 g/mol. The molecule has 0 aliphatic heterocycles. The summed E-state index contributed by atoms with van der Waals surface area (Å²) < 4.78 is 71.0. The Kier molecular flexibility index (Phi) is 6.35. The molecule has 32 heavy (non-hydrogen) atoms. The summed E-state index contributed by atoms with van der Waals surface area (Å²) >= 11 is 0. The Morgan fingerprint density at radius 1 is 1.09 bits per heavy atom. The van der Waals surface area contributed by atoms with Gasteiger partial charge < -0.3 is 10.5 Å². The van der Waals surface area contributed by atoms with Gasteiger partial charge in [-0.3, -0.25) is 9.11 Å². The van der Waals surface area contributed by atoms with Crippen molar-refractivity contribution in [3.05, 3.63) is 81.7 Å². The van der Waals surface area contributed by atoms with Crippen LogP contribution in [0.3, 0.4) is 0 Å². The van der Waals surface area contributed by atoms with Crippen LogP contribution in [-0.2, 0) is 31.4 Å². The van der Waals surface area contributed by atoms with Crippen molar-refractivity contribution < 1.29 is 30.7 Å². The summed E-state index contributed by atoms with van der Waals surface area (Å²) in [5.41, 5.74) is 10.6. The number of nitrogens with two attached hydrogens (primary N) is 1. The average Bonchev–Trinajstić information content (AvgIpc) is 2.98. The lowest BCUT2D eigenvalue weighted by Crippen LogP contribution is -2.08. The second-order valence-corrected chi connectivity index (χ2v) is 9.61. The number of rotatable bonds is 5. The van der Waals surface area contributed by atoms with Crippen LogP contribution < -0.4 is 5.73 Å². The Labute approximate surface area is 185 Å². The fourth-order valence-electron chi connectivity index (χ4n) is 2.95. The molecule has 0 aromatic heterocycles. The molecule has 4 N–H and O–H groups in total. The number of hydrogen-bond donors (Lipinski definition) is 3. The van der Waals surface area contributed by atoms with Crippen molar-refractivity contribution in [2.45, 2.75) is 23.1 Å². The molecule has 0 fully saturated rings. The van der Waals surface area contributed by atoms with Crippen molar-refractivity contribution in [2.75, 3.05) is 7.11 Å². The highest BCUT2D eigenvalue weighted by Gasteiger charge is 2.23. The molecule has 2 aliphatic rings. The number of benzene rings is 1. The van der Waals surface area contributed by atoms with Crippen LogP contribution in [0.4, 0.5) is 0 Å². The predicted molar refractivity (Wildman–Crippen MR) is 115 cm³/mol. The van der Waals surface area contributed by atoms with Gasteiger partial charge in [-0.15, -0.1) is 0 Å². The summed E-state index contributed by atoms with van der Waals surface area (Å²) in [6.45, 7) is 1.77. The highest BCUT2D eigenvalue weighted by Crippen LogP contribution is 2.30. The molecule has 0 unspecified atom stereocenters. The molecular formula is C20H19N3O7S2. The molecule has 0 spiro atoms. The average molecular weight is 478 g/mol. The standard InChI is InChI=1S/C20H19N3O7S2/c1-12-6-7-17(21)19(30-2)11-18(12)23-22-14-5-3-4-13-8-15(31(24,25)26)10-20(16(13)9-14)32(27,28)29/h3,5-6,8-11H,4,21H2,1-2H3,(H,24,25,26)(H,27,28,29). The molecule has 0 bridgehead atoms. The van der Waals surface area contributed by atoms with E-state index in [-0.39, 0.29) is 28.9 Å². The van der Waals surface area contributed by atoms with E-state index in [4.69, 9.17) is 10.5 Å². The first-order valence-corrected chi connectivity index (χ1v) is 11.9. The maximum Gasteiger partial charge on any atom is 0.295 e. The minimum absolute atomic E-state index is 0.0318. The third-order valence-electron chi connectivity index (χ3n) is 4.57. The van der Waals surface area contributed by atoms with Crippen LogP contribution >= 0.6 is 0 Å². The summed E-state index contributed by atoms with van der Waals surface area (Å²) in [4.78, 5) is -1.32. The zero-order chi connectivity index (χ0) is 23.7. The minimum Gasteiger partial charge on any atom is -0.494 e. The van der Waals surface area contributed by atoms with Crippen molar-refractivity contribution in [3.8, 4) is 0 Å². The van der Waals surface area contributed by atoms with E-state index in [1.54, 1.807) is 31.2 Å². The maximum atomic E-state index is 11.9. The molecule has 1 aromatic carbocycles. The first-order chi connectivity index (χ1) is 14.9. The lowest BCUT2D eigenvalue weighted by molar-refractivity contribution is 0.300. The third kappa shape index (κ3) is 5.13. The Morgan fingerprint density at radius 3 is 2.44 bits per heavy atom. The molecule has 0 amide bonds. The Morgan fingerprint density at radius 2 is 1.81 bits per heavy atom. The topological polar surface area (TPSA) is 169 Å². The highest BCUT2D eigenvalue weighted by atomic mass is 32.2. The summed E-state index contributed by atoms with van der Waals surface area (Å²) in [6, 6.07) is 1.82. The fourth-order valence-corrected chi connectivity index (χ4v) is 4.33. The van der Waals surface area contributed by atoms with Crippen molar-refractivity contribution in [1.82, 2.24) is 0 Å². The van der Waals surface area contributed by atoms with E-state index in [0.717, 1.165) is 6.07 Å². The van der Waals surface area contributed by atoms with Gasteiger partial charge in [-0.2, -0.15) is 27.1 Å². The number of methoxy groups -OCH3 is 1. The van der Waals surface area contributed by atoms with Crippen molar-refractivity contribution in [3.63, 3.8) is 0 Å². The SMILES string of the molecule is COC1=CC(N=NC2=Cc3c(cc(S(=O)(=O)O)cc3S(=O)(=O)O)CC=C2)=C(C)C=C=C1N. The first-order valence-electron chi connectivity index (χ1n) is 9.01. The van der Waals surface area contributed by atoms with Crippen LogP contribution in [0.5, 0.6) is 0 Å². The molecular weight excluding hydrogens is 458 g/mol. The van der Waals surface area contributed by atoms with E-state index in [9.17, 15) is 25.9 Å². The van der Waals surface area contributed by atoms with Gasteiger partial charge in [0.15, 0.2) is 5.76 Å². The molecule has 0 radical (unpaired) electrons. The number of hydrogen-bond acceptors (Lipinski definition) is 8. The first kappa shape index (κ1) is 23.4. The van der Waals surface area contributed by atoms with Gasteiger partial charge in [0.1, 0.15) is 10.6 Å². The van der Waals surface area contributed by atoms with E-state index >= 15 is 0 Å². The van der Waals surface area contributed by atoms with E-state index in [0.29, 0.717) is 23.1 Å². The van der Waals surface area contributed by atoms with Crippen molar-refractivity contribution in [2.24, 2.45) is 16.0 Å². The van der Waals surface area contributed by atoms with Crippen molar-refractivity contribution >= 4 is 26.3 Å². The van der Waals surface area contributed by atoms with Crippen LogP contribution in [0.2, 0.25) is 0 Å². The molecule has 3 rings (SSSR count). The Balaban J connectivity index is 2.13. The van der Waals surface area contributed by atoms with Crippen LogP contribution in [0.15, 0.2) is 90.6 Å². The lowest BCUT2D eigenvalue weighted by atomic mass is 10.1. The van der Waals surface area contributed by atoms with Crippen LogP contribution in [0.25, 0.3) is 6.08 Å². The summed E-state index contributed by atoms with van der Waals surface area (Å²) in [6.07, 6.45) is 7.82. The second-order valence-electron chi connectivity index (χ2n) is 6.80. The molecule has 0 saturated heterocycles. The Hall–Kier alpha value is -3.28. The van der Waals surface area contributed by atoms with Crippen LogP contribution in [0, 0.1) is 0 Å². The molecule has 168 valence electrons. The van der Waals surface area contributed by atoms with Gasteiger partial charge in [0, 0.05) is 11.6 Å². The summed E-state index contributed by atoms with van der Waals surface area (Å²) in [5, 5.41) is 8.33. The maximum absolute atomic E-state index is 11.9. The number of fused-ring (bicyclic) bond motifs is 1. The number of ether oxygens (including phenoxy) is 1. The van der Waals surface area contributed by atoms with Crippen molar-refractivity contribution in [1.29, 1.82) is 0 Å². The highest BCUT2D eigenvalue weighted by molar-refractivity contribution is 7.86. The minimum atomic E-state index is -4.82. The van der Waals surface area contributed by atoms with Crippen LogP contribution in [-0.4, -0.2) is 33.1 Å². The van der Waals surface area contributed by atoms with E-state index in [1.165, 1.54) is 13.2 Å². The summed E-state index contributed by atoms with van der Waals surface area (Å²) in [7, 11) is -8.07. The molecule has 0 saturated carbocycles. The van der Waals surface area contributed by atoms with Gasteiger partial charge in [-0.1, -0.05) is 11.8 Å². The molecule has 0 atom stereocenters. The second kappa shape index (κ2) is 8.69. The number of allylic oxidation sites excluding steroid dienone is 4. The zero-order valence-corrected chi connectivity index (χ0v) is 18.6. The molecule has 2 aliphatic carbocycles. The van der Waals surface area contributed by atoms with Gasteiger partial charge in [-0.05, 0) is 54.8 Å². The van der Waals surface area contributed by atoms with Gasteiger partial charge in [-0.25, -0.2) is 0 Å². The van der Waals surface area contributed by atoms with E-state index in [2.05, 4.69) is 16.0 Å². The van der Waals surface area contributed by atoms with E-state index < -0.39 is 30.0 Å². The molecule has 12 heteroatoms. The Bertz CT molecular complexity index is 1420. The van der Waals surface area contributed by atoms with Crippen LogP contribution in [0.1, 0.15) is 18.1 Å². The predicted octanol–water partition coefficient (Wildman–Crippen LogP) is 2.90. The normalized spacial score (nSPS) is 16.8. The van der Waals surface area contributed by atoms with Gasteiger partial charge >= 0.3 is 0 Å². The third-order valence-corrected chi connectivity index (χ3v) is 6.30. The molecule has 1 aromatic rings. The number of azo groups is 1. The largest absolute Gasteiger partial charge is 0.494 e. The summed E-state index contributed by atoms with van der Waals surface area (Å²) in [5.74, 6) is 0.342. The quantitative estimate of drug-likeness (QED) is 0.330.